The van der Waals surface area contributed by atoms with Crippen LogP contribution in [0.3, 0.4) is 0 Å². The molecule has 0 bridgehead atoms. The Morgan fingerprint density at radius 1 is 0.323 bits per heavy atom. The molecule has 0 aromatic carbocycles. The number of carbonyl (C=O) groups is 3. The lowest BCUT2D eigenvalue weighted by molar-refractivity contribution is -0.167. The number of unbranched alkanes of at least 4 members (excludes halogenated alkanes) is 23. The molecular formula is C59H100O6. The lowest BCUT2D eigenvalue weighted by Gasteiger charge is -2.18. The maximum Gasteiger partial charge on any atom is 0.306 e. The minimum atomic E-state index is -0.793. The summed E-state index contributed by atoms with van der Waals surface area (Å²) in [5.74, 6) is -0.929. The third kappa shape index (κ3) is 51.4. The number of esters is 3. The first kappa shape index (κ1) is 61.6. The fourth-order valence-electron chi connectivity index (χ4n) is 7.32. The Kier molecular flexibility index (Phi) is 50.4. The third-order valence-corrected chi connectivity index (χ3v) is 11.4. The van der Waals surface area contributed by atoms with Gasteiger partial charge in [0.15, 0.2) is 6.10 Å². The Morgan fingerprint density at radius 2 is 0.600 bits per heavy atom. The van der Waals surface area contributed by atoms with E-state index >= 15 is 0 Å². The summed E-state index contributed by atoms with van der Waals surface area (Å²) in [6.07, 6.45) is 68.5. The van der Waals surface area contributed by atoms with Gasteiger partial charge in [0.2, 0.25) is 0 Å². The molecule has 6 nitrogen and oxygen atoms in total. The zero-order chi connectivity index (χ0) is 47.2. The molecule has 0 saturated carbocycles. The van der Waals surface area contributed by atoms with Gasteiger partial charge in [0.25, 0.3) is 0 Å². The van der Waals surface area contributed by atoms with Crippen LogP contribution >= 0.6 is 0 Å². The van der Waals surface area contributed by atoms with Crippen molar-refractivity contribution in [1.29, 1.82) is 0 Å². The molecule has 0 radical (unpaired) electrons. The van der Waals surface area contributed by atoms with Crippen LogP contribution in [0.1, 0.15) is 252 Å². The van der Waals surface area contributed by atoms with Crippen LogP contribution in [-0.4, -0.2) is 37.2 Å². The van der Waals surface area contributed by atoms with Crippen molar-refractivity contribution in [2.45, 2.75) is 258 Å². The van der Waals surface area contributed by atoms with Gasteiger partial charge in [-0.1, -0.05) is 221 Å². The second kappa shape index (κ2) is 53.2. The average Bonchev–Trinajstić information content (AvgIpc) is 3.30. The first-order valence-corrected chi connectivity index (χ1v) is 27.1. The monoisotopic (exact) mass is 905 g/mol. The van der Waals surface area contributed by atoms with Gasteiger partial charge >= 0.3 is 17.9 Å². The highest BCUT2D eigenvalue weighted by Gasteiger charge is 2.19. The Labute approximate surface area is 401 Å². The van der Waals surface area contributed by atoms with Crippen molar-refractivity contribution in [2.24, 2.45) is 0 Å². The molecule has 0 rings (SSSR count). The summed E-state index contributed by atoms with van der Waals surface area (Å²) in [7, 11) is 0. The molecule has 0 aromatic heterocycles. The molecule has 0 unspecified atom stereocenters. The van der Waals surface area contributed by atoms with E-state index in [-0.39, 0.29) is 31.1 Å². The zero-order valence-corrected chi connectivity index (χ0v) is 42.5. The smallest absolute Gasteiger partial charge is 0.306 e. The van der Waals surface area contributed by atoms with Crippen LogP contribution in [0.4, 0.5) is 0 Å². The molecule has 0 aromatic rings. The van der Waals surface area contributed by atoms with Crippen LogP contribution in [-0.2, 0) is 28.6 Å². The molecule has 0 aliphatic rings. The maximum atomic E-state index is 12.8. The van der Waals surface area contributed by atoms with Crippen molar-refractivity contribution in [2.75, 3.05) is 13.2 Å². The Balaban J connectivity index is 4.43. The lowest BCUT2D eigenvalue weighted by Crippen LogP contribution is -2.30. The first-order chi connectivity index (χ1) is 32.0. The van der Waals surface area contributed by atoms with Crippen LogP contribution < -0.4 is 0 Å². The van der Waals surface area contributed by atoms with E-state index in [1.165, 1.54) is 103 Å². The van der Waals surface area contributed by atoms with Crippen molar-refractivity contribution >= 4 is 17.9 Å². The number of ether oxygens (including phenoxy) is 3. The first-order valence-electron chi connectivity index (χ1n) is 27.1. The number of carbonyl (C=O) groups excluding carboxylic acids is 3. The van der Waals surface area contributed by atoms with E-state index in [0.717, 1.165) is 109 Å². The predicted octanol–water partition coefficient (Wildman–Crippen LogP) is 18.0. The Hall–Kier alpha value is -3.41. The molecule has 1 atom stereocenters. The number of hydrogen-bond donors (Lipinski definition) is 0. The van der Waals surface area contributed by atoms with Crippen LogP contribution in [0.2, 0.25) is 0 Å². The summed E-state index contributed by atoms with van der Waals surface area (Å²) >= 11 is 0. The molecule has 0 heterocycles. The van der Waals surface area contributed by atoms with Gasteiger partial charge in [-0.3, -0.25) is 14.4 Å². The summed E-state index contributed by atoms with van der Waals surface area (Å²) in [5, 5.41) is 0. The fraction of sp³-hybridized carbons (Fsp3) is 0.712. The van der Waals surface area contributed by atoms with Crippen molar-refractivity contribution in [1.82, 2.24) is 0 Å². The topological polar surface area (TPSA) is 78.9 Å². The maximum absolute atomic E-state index is 12.8. The van der Waals surface area contributed by atoms with Crippen LogP contribution in [0.15, 0.2) is 85.1 Å². The second-order valence-corrected chi connectivity index (χ2v) is 17.8. The third-order valence-electron chi connectivity index (χ3n) is 11.4. The fourth-order valence-corrected chi connectivity index (χ4v) is 7.32. The molecule has 0 amide bonds. The molecule has 0 aliphatic heterocycles. The van der Waals surface area contributed by atoms with E-state index in [9.17, 15) is 14.4 Å². The van der Waals surface area contributed by atoms with Gasteiger partial charge in [-0.2, -0.15) is 0 Å². The van der Waals surface area contributed by atoms with Gasteiger partial charge in [0, 0.05) is 19.3 Å². The second-order valence-electron chi connectivity index (χ2n) is 17.8. The van der Waals surface area contributed by atoms with E-state index in [4.69, 9.17) is 14.2 Å². The van der Waals surface area contributed by atoms with Gasteiger partial charge in [0.05, 0.1) is 0 Å². The average molecular weight is 905 g/mol. The highest BCUT2D eigenvalue weighted by atomic mass is 16.6. The molecule has 0 fully saturated rings. The van der Waals surface area contributed by atoms with E-state index in [1.807, 2.05) is 0 Å². The highest BCUT2D eigenvalue weighted by molar-refractivity contribution is 5.71. The summed E-state index contributed by atoms with van der Waals surface area (Å²) in [5.41, 5.74) is 0. The molecule has 372 valence electrons. The standard InChI is InChI=1S/C59H100O6/c1-4-7-10-13-16-19-22-24-26-28-29-31-32-34-37-40-43-46-49-52-58(61)64-55-56(54-63-57(60)51-48-45-42-39-36-21-18-15-12-9-6-3)65-59(62)53-50-47-44-41-38-35-33-30-27-25-23-20-17-14-11-8-5-2/h7,10,16-17,19-20,24-27,29,31,34,37,56H,4-6,8-9,11-15,18,21-23,28,30,32-33,35-36,38-55H2,1-3H3/b10-7-,19-16-,20-17-,26-24-,27-25-,31-29-,37-34-/t56-/m1/s1. The minimum absolute atomic E-state index is 0.0892. The largest absolute Gasteiger partial charge is 0.462 e. The summed E-state index contributed by atoms with van der Waals surface area (Å²) in [6.45, 7) is 6.46. The van der Waals surface area contributed by atoms with Crippen molar-refractivity contribution in [3.05, 3.63) is 85.1 Å². The van der Waals surface area contributed by atoms with E-state index in [0.29, 0.717) is 19.3 Å². The SMILES string of the molecule is CC/C=C\C/C=C\C/C=C\C/C=C\C/C=C\CCCCCC(=O)OC[C@@H](COC(=O)CCCCCCCCCCCCC)OC(=O)CCCCCCCCC/C=C\C/C=C\CCCCC. The van der Waals surface area contributed by atoms with E-state index in [1.54, 1.807) is 0 Å². The quantitative estimate of drug-likeness (QED) is 0.0262. The molecule has 65 heavy (non-hydrogen) atoms. The predicted molar refractivity (Wildman–Crippen MR) is 279 cm³/mol. The van der Waals surface area contributed by atoms with Gasteiger partial charge in [-0.05, 0) is 96.3 Å². The van der Waals surface area contributed by atoms with Gasteiger partial charge in [0.1, 0.15) is 13.2 Å². The van der Waals surface area contributed by atoms with Crippen molar-refractivity contribution in [3.8, 4) is 0 Å². The number of rotatable bonds is 48. The number of hydrogen-bond acceptors (Lipinski definition) is 6. The van der Waals surface area contributed by atoms with Crippen LogP contribution in [0.5, 0.6) is 0 Å². The molecule has 0 aliphatic carbocycles. The molecule has 0 N–H and O–H groups in total. The normalized spacial score (nSPS) is 12.7. The number of allylic oxidation sites excluding steroid dienone is 14. The van der Waals surface area contributed by atoms with Gasteiger partial charge in [-0.25, -0.2) is 0 Å². The van der Waals surface area contributed by atoms with Crippen LogP contribution in [0.25, 0.3) is 0 Å². The van der Waals surface area contributed by atoms with E-state index < -0.39 is 6.10 Å². The minimum Gasteiger partial charge on any atom is -0.462 e. The summed E-state index contributed by atoms with van der Waals surface area (Å²) in [4.78, 5) is 38.0. The van der Waals surface area contributed by atoms with Gasteiger partial charge in [-0.15, -0.1) is 0 Å². The van der Waals surface area contributed by atoms with Crippen LogP contribution in [0, 0.1) is 0 Å². The lowest BCUT2D eigenvalue weighted by atomic mass is 10.1. The molecule has 0 saturated heterocycles. The molecule has 0 spiro atoms. The van der Waals surface area contributed by atoms with Crippen molar-refractivity contribution < 1.29 is 28.6 Å². The summed E-state index contributed by atoms with van der Waals surface area (Å²) in [6, 6.07) is 0. The zero-order valence-electron chi connectivity index (χ0n) is 42.5. The molecule has 6 heteroatoms. The molecular weight excluding hydrogens is 805 g/mol. The van der Waals surface area contributed by atoms with Gasteiger partial charge < -0.3 is 14.2 Å². The Morgan fingerprint density at radius 3 is 0.985 bits per heavy atom. The highest BCUT2D eigenvalue weighted by Crippen LogP contribution is 2.14. The summed E-state index contributed by atoms with van der Waals surface area (Å²) < 4.78 is 16.8. The van der Waals surface area contributed by atoms with E-state index in [2.05, 4.69) is 106 Å². The van der Waals surface area contributed by atoms with Crippen molar-refractivity contribution in [3.63, 3.8) is 0 Å². The Bertz CT molecular complexity index is 1270.